The van der Waals surface area contributed by atoms with Gasteiger partial charge in [-0.25, -0.2) is 0 Å². The number of thiophene rings is 1. The Hall–Kier alpha value is -2.93. The van der Waals surface area contributed by atoms with Gasteiger partial charge in [0.05, 0.1) is 11.4 Å². The summed E-state index contributed by atoms with van der Waals surface area (Å²) in [6.07, 6.45) is 6.74. The molecule has 1 fully saturated rings. The summed E-state index contributed by atoms with van der Waals surface area (Å²) in [5.41, 5.74) is 2.47. The highest BCUT2D eigenvalue weighted by atomic mass is 32.1. The van der Waals surface area contributed by atoms with Gasteiger partial charge in [0.1, 0.15) is 16.9 Å². The number of rotatable bonds is 5. The molecule has 0 saturated heterocycles. The summed E-state index contributed by atoms with van der Waals surface area (Å²) in [6, 6.07) is 14.2. The van der Waals surface area contributed by atoms with Gasteiger partial charge in [0.2, 0.25) is 5.91 Å². The molecule has 0 bridgehead atoms. The first kappa shape index (κ1) is 22.8. The van der Waals surface area contributed by atoms with Crippen molar-refractivity contribution in [3.63, 3.8) is 0 Å². The quantitative estimate of drug-likeness (QED) is 0.517. The van der Waals surface area contributed by atoms with Gasteiger partial charge in [-0.05, 0) is 49.8 Å². The minimum absolute atomic E-state index is 0.0846. The molecular weight excluding hydrogens is 444 g/mol. The summed E-state index contributed by atoms with van der Waals surface area (Å²) in [6.45, 7) is 4.66. The summed E-state index contributed by atoms with van der Waals surface area (Å²) >= 11 is 1.60. The zero-order valence-electron chi connectivity index (χ0n) is 19.9. The van der Waals surface area contributed by atoms with Crippen LogP contribution in [0, 0.1) is 6.92 Å². The van der Waals surface area contributed by atoms with E-state index < -0.39 is 5.54 Å². The van der Waals surface area contributed by atoms with Crippen LogP contribution in [-0.4, -0.2) is 38.1 Å². The third-order valence-electron chi connectivity index (χ3n) is 7.21. The molecule has 0 radical (unpaired) electrons. The predicted molar refractivity (Wildman–Crippen MR) is 135 cm³/mol. The number of amides is 2. The van der Waals surface area contributed by atoms with E-state index in [1.165, 1.54) is 18.4 Å². The van der Waals surface area contributed by atoms with Crippen LogP contribution >= 0.6 is 11.3 Å². The van der Waals surface area contributed by atoms with Crippen molar-refractivity contribution in [3.8, 4) is 10.6 Å². The van der Waals surface area contributed by atoms with Crippen molar-refractivity contribution < 1.29 is 9.59 Å². The zero-order valence-corrected chi connectivity index (χ0v) is 20.7. The van der Waals surface area contributed by atoms with Crippen LogP contribution in [0.4, 0.5) is 0 Å². The van der Waals surface area contributed by atoms with Gasteiger partial charge in [-0.2, -0.15) is 5.10 Å². The molecule has 178 valence electrons. The summed E-state index contributed by atoms with van der Waals surface area (Å²) in [5, 5.41) is 10.0. The highest BCUT2D eigenvalue weighted by molar-refractivity contribution is 7.13. The third-order valence-corrected chi connectivity index (χ3v) is 8.10. The van der Waals surface area contributed by atoms with Crippen LogP contribution < -0.4 is 5.32 Å². The number of hydrogen-bond acceptors (Lipinski definition) is 4. The first-order valence-electron chi connectivity index (χ1n) is 12.2. The summed E-state index contributed by atoms with van der Waals surface area (Å²) in [7, 11) is 0. The lowest BCUT2D eigenvalue weighted by Crippen LogP contribution is -2.64. The third kappa shape index (κ3) is 4.41. The molecule has 7 heteroatoms. The second-order valence-corrected chi connectivity index (χ2v) is 10.8. The van der Waals surface area contributed by atoms with Crippen molar-refractivity contribution in [2.45, 2.75) is 77.0 Å². The average molecular weight is 477 g/mol. The van der Waals surface area contributed by atoms with Crippen molar-refractivity contribution in [2.75, 3.05) is 0 Å². The molecule has 1 aliphatic carbocycles. The largest absolute Gasteiger partial charge is 0.351 e. The maximum atomic E-state index is 13.8. The number of aromatic nitrogens is 2. The molecule has 5 rings (SSSR count). The average Bonchev–Trinajstić information content (AvgIpc) is 3.43. The number of nitrogens with one attached hydrogen (secondary N) is 1. The minimum Gasteiger partial charge on any atom is -0.351 e. The van der Waals surface area contributed by atoms with Crippen LogP contribution in [0.15, 0.2) is 47.8 Å². The molecule has 2 aromatic heterocycles. The lowest BCUT2D eigenvalue weighted by Gasteiger charge is -2.44. The standard InChI is InChI=1S/C27H32N4O2S/c1-19-11-13-20(14-12-19)17-30-25(32)23-16-22(24-10-7-15-34-24)29-31(23)18-27(30,2)26(33)28-21-8-5-3-4-6-9-21/h7,10-16,21H,3-6,8-9,17-18H2,1-2H3,(H,28,33)/t27-/m1/s1. The number of benzene rings is 1. The van der Waals surface area contributed by atoms with E-state index >= 15 is 0 Å². The first-order valence-corrected chi connectivity index (χ1v) is 13.1. The Morgan fingerprint density at radius 3 is 2.56 bits per heavy atom. The van der Waals surface area contributed by atoms with Crippen LogP contribution in [0.1, 0.15) is 67.1 Å². The molecule has 0 unspecified atom stereocenters. The van der Waals surface area contributed by atoms with E-state index in [9.17, 15) is 9.59 Å². The second kappa shape index (κ2) is 9.37. The van der Waals surface area contributed by atoms with Crippen molar-refractivity contribution in [1.29, 1.82) is 0 Å². The highest BCUT2D eigenvalue weighted by Crippen LogP contribution is 2.33. The Morgan fingerprint density at radius 2 is 1.88 bits per heavy atom. The number of nitrogens with zero attached hydrogens (tertiary/aromatic N) is 3. The molecule has 3 heterocycles. The van der Waals surface area contributed by atoms with Crippen molar-refractivity contribution in [2.24, 2.45) is 0 Å². The van der Waals surface area contributed by atoms with Gasteiger partial charge >= 0.3 is 0 Å². The van der Waals surface area contributed by atoms with Crippen LogP contribution in [0.2, 0.25) is 0 Å². The molecule has 3 aromatic rings. The monoisotopic (exact) mass is 476 g/mol. The molecule has 1 saturated carbocycles. The van der Waals surface area contributed by atoms with Crippen LogP contribution in [0.25, 0.3) is 10.6 Å². The molecule has 1 atom stereocenters. The highest BCUT2D eigenvalue weighted by Gasteiger charge is 2.48. The Morgan fingerprint density at radius 1 is 1.15 bits per heavy atom. The van der Waals surface area contributed by atoms with Gasteiger partial charge < -0.3 is 10.2 Å². The summed E-state index contributed by atoms with van der Waals surface area (Å²) in [5.74, 6) is -0.237. The zero-order chi connectivity index (χ0) is 23.7. The second-order valence-electron chi connectivity index (χ2n) is 9.86. The Kier molecular flexibility index (Phi) is 6.30. The molecule has 6 nitrogen and oxygen atoms in total. The fourth-order valence-corrected chi connectivity index (χ4v) is 5.76. The van der Waals surface area contributed by atoms with E-state index in [2.05, 4.69) is 5.32 Å². The number of aryl methyl sites for hydroxylation is 1. The Balaban J connectivity index is 1.49. The predicted octanol–water partition coefficient (Wildman–Crippen LogP) is 5.17. The number of carbonyl (C=O) groups is 2. The normalized spacial score (nSPS) is 21.2. The lowest BCUT2D eigenvalue weighted by molar-refractivity contribution is -0.134. The van der Waals surface area contributed by atoms with Crippen molar-refractivity contribution >= 4 is 23.2 Å². The fraction of sp³-hybridized carbons (Fsp3) is 0.444. The molecule has 1 N–H and O–H groups in total. The first-order chi connectivity index (χ1) is 16.4. The van der Waals surface area contributed by atoms with Gasteiger partial charge in [-0.3, -0.25) is 14.3 Å². The SMILES string of the molecule is Cc1ccc(CN2C(=O)c3cc(-c4cccs4)nn3C[C@]2(C)C(=O)NC2CCCCCC2)cc1. The van der Waals surface area contributed by atoms with Gasteiger partial charge in [-0.1, -0.05) is 61.6 Å². The van der Waals surface area contributed by atoms with Gasteiger partial charge in [0.15, 0.2) is 0 Å². The number of hydrogen-bond donors (Lipinski definition) is 1. The maximum Gasteiger partial charge on any atom is 0.273 e. The molecule has 1 aliphatic heterocycles. The topological polar surface area (TPSA) is 67.2 Å². The van der Waals surface area contributed by atoms with E-state index in [0.717, 1.165) is 41.8 Å². The van der Waals surface area contributed by atoms with E-state index in [-0.39, 0.29) is 17.9 Å². The molecule has 34 heavy (non-hydrogen) atoms. The van der Waals surface area contributed by atoms with Crippen LogP contribution in [0.5, 0.6) is 0 Å². The van der Waals surface area contributed by atoms with Gasteiger partial charge in [-0.15, -0.1) is 11.3 Å². The molecule has 2 aliphatic rings. The van der Waals surface area contributed by atoms with Crippen molar-refractivity contribution in [3.05, 3.63) is 64.7 Å². The van der Waals surface area contributed by atoms with Crippen LogP contribution in [-0.2, 0) is 17.9 Å². The van der Waals surface area contributed by atoms with E-state index in [4.69, 9.17) is 5.10 Å². The lowest BCUT2D eigenvalue weighted by atomic mass is 9.93. The van der Waals surface area contributed by atoms with Gasteiger partial charge in [0.25, 0.3) is 5.91 Å². The minimum atomic E-state index is -1.03. The van der Waals surface area contributed by atoms with E-state index in [1.54, 1.807) is 20.9 Å². The molecular formula is C27H32N4O2S. The molecule has 1 aromatic carbocycles. The van der Waals surface area contributed by atoms with Gasteiger partial charge in [0, 0.05) is 12.6 Å². The van der Waals surface area contributed by atoms with Crippen LogP contribution in [0.3, 0.4) is 0 Å². The number of carbonyl (C=O) groups excluding carboxylic acids is 2. The molecule has 2 amide bonds. The Bertz CT molecular complexity index is 1160. The van der Waals surface area contributed by atoms with E-state index in [1.807, 2.05) is 61.7 Å². The Labute approximate surface area is 205 Å². The summed E-state index contributed by atoms with van der Waals surface area (Å²) < 4.78 is 1.73. The smallest absolute Gasteiger partial charge is 0.273 e. The molecule has 0 spiro atoms. The van der Waals surface area contributed by atoms with Crippen molar-refractivity contribution in [1.82, 2.24) is 20.0 Å². The summed E-state index contributed by atoms with van der Waals surface area (Å²) in [4.78, 5) is 30.4. The number of fused-ring (bicyclic) bond motifs is 1. The fourth-order valence-electron chi connectivity index (χ4n) is 5.07. The maximum absolute atomic E-state index is 13.8. The van der Waals surface area contributed by atoms with E-state index in [0.29, 0.717) is 18.8 Å².